The number of rotatable bonds is 8. The van der Waals surface area contributed by atoms with E-state index in [-0.39, 0.29) is 17.5 Å². The Labute approximate surface area is 122 Å². The van der Waals surface area contributed by atoms with Crippen LogP contribution in [0.3, 0.4) is 0 Å². The van der Waals surface area contributed by atoms with Gasteiger partial charge in [-0.05, 0) is 25.0 Å². The van der Waals surface area contributed by atoms with Gasteiger partial charge in [0.2, 0.25) is 11.8 Å². The Hall–Kier alpha value is -2.44. The molecule has 0 spiro atoms. The van der Waals surface area contributed by atoms with Gasteiger partial charge >= 0.3 is 5.97 Å². The number of aromatic carboxylic acids is 1. The Bertz CT molecular complexity index is 499. The number of aromatic nitrogens is 1. The fourth-order valence-corrected chi connectivity index (χ4v) is 1.67. The van der Waals surface area contributed by atoms with Crippen LogP contribution in [0.5, 0.6) is 0 Å². The Kier molecular flexibility index (Phi) is 6.86. The van der Waals surface area contributed by atoms with E-state index in [4.69, 9.17) is 5.11 Å². The molecule has 1 heterocycles. The normalized spacial score (nSPS) is 9.95. The highest BCUT2D eigenvalue weighted by Crippen LogP contribution is 2.08. The fraction of sp³-hybridized carbons (Fsp3) is 0.429. The molecule has 3 N–H and O–H groups in total. The number of carboxylic acid groups (broad SMARTS) is 1. The number of hydrogen-bond acceptors (Lipinski definition) is 4. The van der Waals surface area contributed by atoms with Crippen molar-refractivity contribution in [2.45, 2.75) is 32.6 Å². The van der Waals surface area contributed by atoms with Gasteiger partial charge in [-0.2, -0.15) is 0 Å². The van der Waals surface area contributed by atoms with Gasteiger partial charge in [-0.25, -0.2) is 9.78 Å². The lowest BCUT2D eigenvalue weighted by atomic mass is 10.2. The lowest BCUT2D eigenvalue weighted by Crippen LogP contribution is -2.20. The van der Waals surface area contributed by atoms with Crippen molar-refractivity contribution in [2.24, 2.45) is 0 Å². The molecular weight excluding hydrogens is 274 g/mol. The summed E-state index contributed by atoms with van der Waals surface area (Å²) in [5, 5.41) is 14.0. The summed E-state index contributed by atoms with van der Waals surface area (Å²) < 4.78 is 0. The summed E-state index contributed by atoms with van der Waals surface area (Å²) in [6, 6.07) is 2.84. The highest BCUT2D eigenvalue weighted by Gasteiger charge is 2.06. The molecule has 7 heteroatoms. The number of anilines is 1. The molecule has 0 aliphatic heterocycles. The summed E-state index contributed by atoms with van der Waals surface area (Å²) in [6.07, 6.45) is 4.11. The van der Waals surface area contributed by atoms with Crippen LogP contribution in [0.15, 0.2) is 18.3 Å². The minimum absolute atomic E-state index is 0.0509. The van der Waals surface area contributed by atoms with Crippen molar-refractivity contribution in [2.75, 3.05) is 11.9 Å². The van der Waals surface area contributed by atoms with Crippen LogP contribution >= 0.6 is 0 Å². The van der Waals surface area contributed by atoms with Gasteiger partial charge in [0.1, 0.15) is 5.69 Å². The highest BCUT2D eigenvalue weighted by atomic mass is 16.4. The molecule has 2 amide bonds. The second kappa shape index (κ2) is 8.68. The number of pyridine rings is 1. The number of carbonyl (C=O) groups excluding carboxylic acids is 2. The topological polar surface area (TPSA) is 108 Å². The molecule has 0 saturated heterocycles. The predicted molar refractivity (Wildman–Crippen MR) is 77.0 cm³/mol. The molecule has 0 aromatic carbocycles. The van der Waals surface area contributed by atoms with Gasteiger partial charge in [-0.3, -0.25) is 9.59 Å². The number of nitrogens with one attached hydrogen (secondary N) is 2. The predicted octanol–water partition coefficient (Wildman–Crippen LogP) is 1.41. The number of hydrogen-bond donors (Lipinski definition) is 3. The monoisotopic (exact) mass is 293 g/mol. The molecule has 0 aliphatic carbocycles. The van der Waals surface area contributed by atoms with Gasteiger partial charge in [0, 0.05) is 19.9 Å². The van der Waals surface area contributed by atoms with Crippen LogP contribution < -0.4 is 10.6 Å². The summed E-state index contributed by atoms with van der Waals surface area (Å²) in [4.78, 5) is 36.6. The van der Waals surface area contributed by atoms with E-state index in [1.54, 1.807) is 0 Å². The molecule has 21 heavy (non-hydrogen) atoms. The number of amides is 2. The van der Waals surface area contributed by atoms with Crippen LogP contribution in [0.25, 0.3) is 0 Å². The van der Waals surface area contributed by atoms with Crippen LogP contribution in [-0.2, 0) is 9.59 Å². The molecule has 0 unspecified atom stereocenters. The van der Waals surface area contributed by atoms with Crippen LogP contribution in [0.1, 0.15) is 43.1 Å². The molecule has 1 aromatic heterocycles. The zero-order chi connectivity index (χ0) is 15.7. The van der Waals surface area contributed by atoms with Crippen LogP contribution in [0, 0.1) is 0 Å². The molecule has 0 radical (unpaired) electrons. The fourth-order valence-electron chi connectivity index (χ4n) is 1.67. The van der Waals surface area contributed by atoms with Gasteiger partial charge in [-0.15, -0.1) is 0 Å². The first-order valence-corrected chi connectivity index (χ1v) is 6.72. The number of carbonyl (C=O) groups is 3. The van der Waals surface area contributed by atoms with Crippen molar-refractivity contribution in [1.29, 1.82) is 0 Å². The van der Waals surface area contributed by atoms with E-state index >= 15 is 0 Å². The zero-order valence-electron chi connectivity index (χ0n) is 11.9. The maximum atomic E-state index is 11.6. The first-order chi connectivity index (χ1) is 9.99. The minimum atomic E-state index is -1.10. The Morgan fingerprint density at radius 1 is 1.19 bits per heavy atom. The largest absolute Gasteiger partial charge is 0.477 e. The molecule has 114 valence electrons. The molecule has 0 fully saturated rings. The minimum Gasteiger partial charge on any atom is -0.477 e. The SMILES string of the molecule is CC(=O)NCCCCCC(=O)Nc1ccc(C(=O)O)nc1. The van der Waals surface area contributed by atoms with E-state index < -0.39 is 5.97 Å². The van der Waals surface area contributed by atoms with Crippen molar-refractivity contribution in [3.63, 3.8) is 0 Å². The van der Waals surface area contributed by atoms with Crippen molar-refractivity contribution in [3.8, 4) is 0 Å². The lowest BCUT2D eigenvalue weighted by Gasteiger charge is -2.05. The maximum absolute atomic E-state index is 11.6. The Balaban J connectivity index is 2.21. The summed E-state index contributed by atoms with van der Waals surface area (Å²) in [5.41, 5.74) is 0.411. The van der Waals surface area contributed by atoms with Crippen LogP contribution in [0.2, 0.25) is 0 Å². The number of unbranched alkanes of at least 4 members (excludes halogenated alkanes) is 2. The van der Waals surface area contributed by atoms with Crippen LogP contribution in [-0.4, -0.2) is 34.4 Å². The van der Waals surface area contributed by atoms with Gasteiger partial charge in [0.05, 0.1) is 11.9 Å². The molecule has 1 aromatic rings. The number of carboxylic acids is 1. The van der Waals surface area contributed by atoms with Gasteiger partial charge < -0.3 is 15.7 Å². The molecule has 0 bridgehead atoms. The molecule has 1 rings (SSSR count). The second-order valence-corrected chi connectivity index (χ2v) is 4.58. The molecule has 0 atom stereocenters. The smallest absolute Gasteiger partial charge is 0.354 e. The van der Waals surface area contributed by atoms with Gasteiger partial charge in [-0.1, -0.05) is 6.42 Å². The van der Waals surface area contributed by atoms with E-state index in [0.29, 0.717) is 18.7 Å². The quantitative estimate of drug-likeness (QED) is 0.628. The van der Waals surface area contributed by atoms with Crippen molar-refractivity contribution < 1.29 is 19.5 Å². The summed E-state index contributed by atoms with van der Waals surface area (Å²) in [7, 11) is 0. The van der Waals surface area contributed by atoms with E-state index in [1.807, 2.05) is 0 Å². The van der Waals surface area contributed by atoms with Gasteiger partial charge in [0.25, 0.3) is 0 Å². The van der Waals surface area contributed by atoms with E-state index in [9.17, 15) is 14.4 Å². The highest BCUT2D eigenvalue weighted by molar-refractivity contribution is 5.91. The second-order valence-electron chi connectivity index (χ2n) is 4.58. The molecule has 7 nitrogen and oxygen atoms in total. The first kappa shape index (κ1) is 16.6. The molecule has 0 saturated carbocycles. The van der Waals surface area contributed by atoms with Crippen molar-refractivity contribution in [3.05, 3.63) is 24.0 Å². The summed E-state index contributed by atoms with van der Waals surface area (Å²) in [5.74, 6) is -1.29. The first-order valence-electron chi connectivity index (χ1n) is 6.72. The van der Waals surface area contributed by atoms with E-state index in [0.717, 1.165) is 19.3 Å². The van der Waals surface area contributed by atoms with Crippen LogP contribution in [0.4, 0.5) is 5.69 Å². The average molecular weight is 293 g/mol. The average Bonchev–Trinajstić information content (AvgIpc) is 2.43. The Morgan fingerprint density at radius 3 is 2.52 bits per heavy atom. The zero-order valence-corrected chi connectivity index (χ0v) is 11.9. The van der Waals surface area contributed by atoms with Gasteiger partial charge in [0.15, 0.2) is 0 Å². The lowest BCUT2D eigenvalue weighted by molar-refractivity contribution is -0.119. The van der Waals surface area contributed by atoms with Crippen molar-refractivity contribution in [1.82, 2.24) is 10.3 Å². The molecule has 0 aliphatic rings. The summed E-state index contributed by atoms with van der Waals surface area (Å²) >= 11 is 0. The maximum Gasteiger partial charge on any atom is 0.354 e. The standard InChI is InChI=1S/C14H19N3O4/c1-10(18)15-8-4-2-3-5-13(19)17-11-6-7-12(14(20)21)16-9-11/h6-7,9H,2-5,8H2,1H3,(H,15,18)(H,17,19)(H,20,21). The third-order valence-electron chi connectivity index (χ3n) is 2.72. The Morgan fingerprint density at radius 2 is 1.95 bits per heavy atom. The molecular formula is C14H19N3O4. The third-order valence-corrected chi connectivity index (χ3v) is 2.72. The number of nitrogens with zero attached hydrogens (tertiary/aromatic N) is 1. The third kappa shape index (κ3) is 7.05. The van der Waals surface area contributed by atoms with E-state index in [1.165, 1.54) is 25.3 Å². The van der Waals surface area contributed by atoms with Crippen molar-refractivity contribution >= 4 is 23.5 Å². The van der Waals surface area contributed by atoms with E-state index in [2.05, 4.69) is 15.6 Å². The summed E-state index contributed by atoms with van der Waals surface area (Å²) in [6.45, 7) is 2.09.